The number of hydrogen-bond donors (Lipinski definition) is 0. The van der Waals surface area contributed by atoms with E-state index in [1.807, 2.05) is 7.11 Å². The molecule has 1 saturated carbocycles. The Morgan fingerprint density at radius 1 is 0.547 bits per heavy atom. The highest BCUT2D eigenvalue weighted by atomic mass is 31.1. The third kappa shape index (κ3) is 6.94. The highest BCUT2D eigenvalue weighted by molar-refractivity contribution is 7.80. The van der Waals surface area contributed by atoms with Gasteiger partial charge in [-0.15, -0.1) is 8.58 Å². The van der Waals surface area contributed by atoms with Crippen LogP contribution in [0.2, 0.25) is 0 Å². The molecule has 2 aliphatic rings. The van der Waals surface area contributed by atoms with Crippen molar-refractivity contribution in [3.63, 3.8) is 0 Å². The van der Waals surface area contributed by atoms with Gasteiger partial charge < -0.3 is 14.2 Å². The zero-order valence-electron chi connectivity index (χ0n) is 31.0. The number of rotatable bonds is 10. The molecule has 2 unspecified atom stereocenters. The number of benzene rings is 6. The van der Waals surface area contributed by atoms with E-state index < -0.39 is 15.8 Å². The summed E-state index contributed by atoms with van der Waals surface area (Å²) in [6.07, 6.45) is 6.58. The molecule has 268 valence electrons. The van der Waals surface area contributed by atoms with Gasteiger partial charge >= 0.3 is 0 Å². The minimum atomic E-state index is -1.04. The molecule has 0 aromatic heterocycles. The lowest BCUT2D eigenvalue weighted by atomic mass is 9.92. The molecule has 8 rings (SSSR count). The molecule has 2 atom stereocenters. The van der Waals surface area contributed by atoms with Crippen LogP contribution >= 0.6 is 24.4 Å². The molecule has 6 heteroatoms. The lowest BCUT2D eigenvalue weighted by molar-refractivity contribution is 0.404. The van der Waals surface area contributed by atoms with Gasteiger partial charge in [-0.05, 0) is 86.6 Å². The fourth-order valence-corrected chi connectivity index (χ4v) is 15.4. The van der Waals surface area contributed by atoms with E-state index in [9.17, 15) is 0 Å². The Morgan fingerprint density at radius 3 is 1.51 bits per heavy atom. The molecule has 1 heterocycles. The maximum Gasteiger partial charge on any atom is 0.143 e. The van der Waals surface area contributed by atoms with Crippen LogP contribution < -0.4 is 46.0 Å². The Labute approximate surface area is 319 Å². The summed E-state index contributed by atoms with van der Waals surface area (Å²) in [5.74, 6) is 3.75. The van der Waals surface area contributed by atoms with Crippen molar-refractivity contribution in [3.05, 3.63) is 156 Å². The Bertz CT molecular complexity index is 2090. The van der Waals surface area contributed by atoms with E-state index in [0.29, 0.717) is 5.66 Å². The Kier molecular flexibility index (Phi) is 11.0. The number of ether oxygens (including phenoxy) is 3. The quantitative estimate of drug-likeness (QED) is 0.131. The second-order valence-electron chi connectivity index (χ2n) is 14.0. The molecule has 1 fully saturated rings. The van der Waals surface area contributed by atoms with Crippen molar-refractivity contribution in [1.29, 1.82) is 0 Å². The van der Waals surface area contributed by atoms with Crippen LogP contribution in [0.25, 0.3) is 0 Å². The normalized spacial score (nSPS) is 15.7. The summed E-state index contributed by atoms with van der Waals surface area (Å²) in [7, 11) is 2.32. The highest BCUT2D eigenvalue weighted by Crippen LogP contribution is 2.60. The molecule has 0 radical (unpaired) electrons. The molecule has 3 nitrogen and oxygen atoms in total. The van der Waals surface area contributed by atoms with Crippen molar-refractivity contribution in [2.75, 3.05) is 14.2 Å². The summed E-state index contributed by atoms with van der Waals surface area (Å²) in [5.41, 5.74) is 6.01. The summed E-state index contributed by atoms with van der Waals surface area (Å²) < 4.78 is 20.5. The van der Waals surface area contributed by atoms with Crippen molar-refractivity contribution in [1.82, 2.24) is 0 Å². The van der Waals surface area contributed by atoms with Gasteiger partial charge in [0.05, 0.1) is 24.8 Å². The Balaban J connectivity index is 1.45. The van der Waals surface area contributed by atoms with Gasteiger partial charge in [0, 0.05) is 16.8 Å². The van der Waals surface area contributed by atoms with Crippen LogP contribution in [0.5, 0.6) is 23.0 Å². The molecule has 6 aromatic carbocycles. The van der Waals surface area contributed by atoms with E-state index in [-0.39, 0.29) is 5.66 Å². The topological polar surface area (TPSA) is 27.7 Å². The largest absolute Gasteiger partial charge is 0.496 e. The van der Waals surface area contributed by atoms with E-state index >= 15 is 0 Å². The van der Waals surface area contributed by atoms with E-state index in [2.05, 4.69) is 147 Å². The van der Waals surface area contributed by atoms with Crippen LogP contribution in [0.15, 0.2) is 133 Å². The first kappa shape index (κ1) is 36.0. The Morgan fingerprint density at radius 2 is 1.04 bits per heavy atom. The van der Waals surface area contributed by atoms with E-state index in [0.717, 1.165) is 36.9 Å². The zero-order chi connectivity index (χ0) is 36.3. The van der Waals surface area contributed by atoms with Crippen molar-refractivity contribution in [3.8, 4) is 23.0 Å². The molecule has 0 bridgehead atoms. The predicted molar refractivity (Wildman–Crippen MR) is 230 cm³/mol. The van der Waals surface area contributed by atoms with Crippen molar-refractivity contribution >= 4 is 56.3 Å². The fraction of sp³-hybridized carbons (Fsp3) is 0.234. The fourth-order valence-electron chi connectivity index (χ4n) is 8.19. The number of hydrogen-bond acceptors (Lipinski definition) is 3. The second kappa shape index (κ2) is 16.2. The van der Waals surface area contributed by atoms with Crippen LogP contribution in [-0.4, -0.2) is 19.9 Å². The molecular weight excluding hydrogens is 705 g/mol. The lowest BCUT2D eigenvalue weighted by Crippen LogP contribution is -2.30. The molecule has 0 spiro atoms. The maximum absolute atomic E-state index is 7.70. The molecule has 0 N–H and O–H groups in total. The second-order valence-corrected chi connectivity index (χ2v) is 20.0. The predicted octanol–water partition coefficient (Wildman–Crippen LogP) is 10.0. The maximum atomic E-state index is 7.70. The van der Waals surface area contributed by atoms with Crippen molar-refractivity contribution in [2.24, 2.45) is 0 Å². The molecular formula is C47H47O3P3. The van der Waals surface area contributed by atoms with Gasteiger partial charge in [0.2, 0.25) is 0 Å². The van der Waals surface area contributed by atoms with Gasteiger partial charge in [-0.2, -0.15) is 0 Å². The van der Waals surface area contributed by atoms with E-state index in [1.165, 1.54) is 80.9 Å². The van der Waals surface area contributed by atoms with E-state index in [1.54, 1.807) is 7.11 Å². The lowest BCUT2D eigenvalue weighted by Gasteiger charge is -2.38. The van der Waals surface area contributed by atoms with Gasteiger partial charge in [0.25, 0.3) is 0 Å². The van der Waals surface area contributed by atoms with Crippen LogP contribution in [-0.2, 0) is 0 Å². The SMILES string of the molecule is COc1ccc2c(c1P(c1ccccc1)c1ccccc1)Oc1c(c(C)c(C)c(OC)c1P(c1ccccc1)c1ccccc1)C2PC1CCCCC1. The number of methoxy groups -OCH3 is 2. The summed E-state index contributed by atoms with van der Waals surface area (Å²) in [6.45, 7) is 4.55. The van der Waals surface area contributed by atoms with Gasteiger partial charge in [-0.3, -0.25) is 0 Å². The minimum absolute atomic E-state index is 0.205. The van der Waals surface area contributed by atoms with Gasteiger partial charge in [0.1, 0.15) is 23.0 Å². The van der Waals surface area contributed by atoms with Gasteiger partial charge in [-0.25, -0.2) is 0 Å². The van der Waals surface area contributed by atoms with E-state index in [4.69, 9.17) is 14.2 Å². The first-order valence-corrected chi connectivity index (χ1v) is 22.6. The minimum Gasteiger partial charge on any atom is -0.496 e. The van der Waals surface area contributed by atoms with Gasteiger partial charge in [-0.1, -0.05) is 147 Å². The summed E-state index contributed by atoms with van der Waals surface area (Å²) in [5, 5.41) is 7.41. The highest BCUT2D eigenvalue weighted by Gasteiger charge is 2.41. The molecule has 0 amide bonds. The smallest absolute Gasteiger partial charge is 0.143 e. The molecule has 53 heavy (non-hydrogen) atoms. The summed E-state index contributed by atoms with van der Waals surface area (Å²) in [4.78, 5) is 0. The molecule has 0 saturated heterocycles. The summed E-state index contributed by atoms with van der Waals surface area (Å²) >= 11 is 0. The molecule has 1 aliphatic heterocycles. The Hall–Kier alpha value is -3.99. The first-order valence-electron chi connectivity index (χ1n) is 18.7. The monoisotopic (exact) mass is 752 g/mol. The standard InChI is InChI=1S/C47H47O3P3/c1-32-33(2)42(49-4)47(53(37-26-16-8-17-27-37)38-28-18-9-19-29-38)44-41(32)45(51-34-20-10-5-11-21-34)39-30-31-40(48-3)46(43(39)50-44)52(35-22-12-6-13-23-35)36-24-14-7-15-25-36/h6-9,12-19,22-31,34,45,51H,5,10-11,20-21H2,1-4H3. The third-order valence-electron chi connectivity index (χ3n) is 10.8. The van der Waals surface area contributed by atoms with Crippen LogP contribution in [0.1, 0.15) is 60.0 Å². The van der Waals surface area contributed by atoms with Crippen LogP contribution in [0.3, 0.4) is 0 Å². The van der Waals surface area contributed by atoms with Crippen molar-refractivity contribution in [2.45, 2.75) is 57.3 Å². The average molecular weight is 753 g/mol. The zero-order valence-corrected chi connectivity index (χ0v) is 33.8. The van der Waals surface area contributed by atoms with Crippen molar-refractivity contribution < 1.29 is 14.2 Å². The van der Waals surface area contributed by atoms with Crippen LogP contribution in [0.4, 0.5) is 0 Å². The molecule has 1 aliphatic carbocycles. The summed E-state index contributed by atoms with van der Waals surface area (Å²) in [6, 6.07) is 48.4. The molecule has 6 aromatic rings. The third-order valence-corrected chi connectivity index (χ3v) is 17.8. The average Bonchev–Trinajstić information content (AvgIpc) is 3.22. The van der Waals surface area contributed by atoms with Gasteiger partial charge in [0.15, 0.2) is 0 Å². The van der Waals surface area contributed by atoms with Crippen LogP contribution in [0, 0.1) is 13.8 Å². The first-order chi connectivity index (χ1) is 26.1. The number of fused-ring (bicyclic) bond motifs is 2.